The Morgan fingerprint density at radius 3 is 2.77 bits per heavy atom. The summed E-state index contributed by atoms with van der Waals surface area (Å²) in [5.41, 5.74) is 3.03. The number of halogens is 1. The minimum Gasteiger partial charge on any atom is -0.497 e. The van der Waals surface area contributed by atoms with Gasteiger partial charge in [-0.3, -0.25) is 0 Å². The van der Waals surface area contributed by atoms with Crippen LogP contribution in [0.4, 0.5) is 10.2 Å². The van der Waals surface area contributed by atoms with Crippen molar-refractivity contribution in [2.24, 2.45) is 0 Å². The van der Waals surface area contributed by atoms with Crippen molar-refractivity contribution in [3.05, 3.63) is 71.6 Å². The van der Waals surface area contributed by atoms with E-state index in [0.717, 1.165) is 38.5 Å². The number of ether oxygens (including phenoxy) is 1. The summed E-state index contributed by atoms with van der Waals surface area (Å²) in [6, 6.07) is 14.4. The quantitative estimate of drug-likeness (QED) is 0.533. The molecule has 0 fully saturated rings. The van der Waals surface area contributed by atoms with Crippen molar-refractivity contribution in [2.75, 3.05) is 12.4 Å². The minimum absolute atomic E-state index is 0.249. The summed E-state index contributed by atoms with van der Waals surface area (Å²) in [6.45, 7) is 0.613. The summed E-state index contributed by atoms with van der Waals surface area (Å²) in [6.07, 6.45) is 1.56. The highest BCUT2D eigenvalue weighted by molar-refractivity contribution is 7.17. The Bertz CT molecular complexity index is 1050. The third-order valence-corrected chi connectivity index (χ3v) is 5.01. The van der Waals surface area contributed by atoms with E-state index >= 15 is 0 Å². The van der Waals surface area contributed by atoms with Gasteiger partial charge in [-0.2, -0.15) is 0 Å². The van der Waals surface area contributed by atoms with E-state index in [0.29, 0.717) is 6.54 Å². The van der Waals surface area contributed by atoms with Crippen LogP contribution >= 0.6 is 11.3 Å². The lowest BCUT2D eigenvalue weighted by molar-refractivity contribution is 0.414. The van der Waals surface area contributed by atoms with Gasteiger partial charge in [-0.05, 0) is 35.4 Å². The van der Waals surface area contributed by atoms with Gasteiger partial charge < -0.3 is 10.1 Å². The summed E-state index contributed by atoms with van der Waals surface area (Å²) in [7, 11) is 1.65. The molecule has 0 spiro atoms. The number of rotatable bonds is 5. The molecule has 0 saturated carbocycles. The zero-order chi connectivity index (χ0) is 17.9. The van der Waals surface area contributed by atoms with Crippen molar-refractivity contribution >= 4 is 27.4 Å². The van der Waals surface area contributed by atoms with Crippen LogP contribution in [0.1, 0.15) is 5.56 Å². The molecule has 26 heavy (non-hydrogen) atoms. The van der Waals surface area contributed by atoms with Gasteiger partial charge in [-0.1, -0.05) is 24.3 Å². The van der Waals surface area contributed by atoms with E-state index < -0.39 is 0 Å². The Morgan fingerprint density at radius 1 is 1.12 bits per heavy atom. The van der Waals surface area contributed by atoms with Crippen LogP contribution in [0.25, 0.3) is 21.3 Å². The molecule has 0 radical (unpaired) electrons. The molecular formula is C20H16FN3OS. The molecule has 1 N–H and O–H groups in total. The van der Waals surface area contributed by atoms with E-state index in [1.165, 1.54) is 12.1 Å². The van der Waals surface area contributed by atoms with E-state index in [-0.39, 0.29) is 5.82 Å². The van der Waals surface area contributed by atoms with Gasteiger partial charge in [0.05, 0.1) is 12.5 Å². The standard InChI is InChI=1S/C20H16FN3OS/c1-25-16-4-2-3-13(9-16)10-22-19-18-17(11-26-20(18)24-12-23-19)14-5-7-15(21)8-6-14/h2-9,11-12H,10H2,1H3,(H,22,23,24). The fourth-order valence-corrected chi connectivity index (χ4v) is 3.74. The molecule has 2 aromatic heterocycles. The first-order chi connectivity index (χ1) is 12.7. The van der Waals surface area contributed by atoms with Crippen LogP contribution in [-0.2, 0) is 6.54 Å². The Balaban J connectivity index is 1.68. The topological polar surface area (TPSA) is 47.0 Å². The second-order valence-electron chi connectivity index (χ2n) is 5.76. The number of methoxy groups -OCH3 is 1. The van der Waals surface area contributed by atoms with Crippen molar-refractivity contribution in [1.82, 2.24) is 9.97 Å². The Morgan fingerprint density at radius 2 is 1.96 bits per heavy atom. The molecule has 0 unspecified atom stereocenters. The number of hydrogen-bond acceptors (Lipinski definition) is 5. The molecule has 130 valence electrons. The van der Waals surface area contributed by atoms with Crippen LogP contribution in [0.5, 0.6) is 5.75 Å². The van der Waals surface area contributed by atoms with Gasteiger partial charge in [0.1, 0.15) is 28.5 Å². The second-order valence-corrected chi connectivity index (χ2v) is 6.62. The summed E-state index contributed by atoms with van der Waals surface area (Å²) >= 11 is 1.55. The number of thiophene rings is 1. The molecule has 4 nitrogen and oxygen atoms in total. The maximum Gasteiger partial charge on any atom is 0.139 e. The number of nitrogens with one attached hydrogen (secondary N) is 1. The molecule has 0 aliphatic rings. The van der Waals surface area contributed by atoms with Gasteiger partial charge in [0.25, 0.3) is 0 Å². The number of hydrogen-bond donors (Lipinski definition) is 1. The Hall–Kier alpha value is -2.99. The van der Waals surface area contributed by atoms with Crippen LogP contribution in [-0.4, -0.2) is 17.1 Å². The smallest absolute Gasteiger partial charge is 0.139 e. The number of nitrogens with zero attached hydrogens (tertiary/aromatic N) is 2. The minimum atomic E-state index is -0.249. The van der Waals surface area contributed by atoms with Crippen LogP contribution < -0.4 is 10.1 Å². The van der Waals surface area contributed by atoms with Gasteiger partial charge in [0, 0.05) is 17.5 Å². The molecule has 0 aliphatic carbocycles. The number of anilines is 1. The first kappa shape index (κ1) is 16.5. The predicted octanol–water partition coefficient (Wildman–Crippen LogP) is 5.12. The van der Waals surface area contributed by atoms with Gasteiger partial charge in [0.15, 0.2) is 0 Å². The first-order valence-corrected chi connectivity index (χ1v) is 8.97. The first-order valence-electron chi connectivity index (χ1n) is 8.09. The Labute approximate surface area is 154 Å². The molecule has 4 aromatic rings. The second kappa shape index (κ2) is 7.09. The van der Waals surface area contributed by atoms with E-state index in [9.17, 15) is 4.39 Å². The van der Waals surface area contributed by atoms with Crippen molar-refractivity contribution in [2.45, 2.75) is 6.54 Å². The normalized spacial score (nSPS) is 10.8. The van der Waals surface area contributed by atoms with Gasteiger partial charge in [0.2, 0.25) is 0 Å². The SMILES string of the molecule is COc1cccc(CNc2ncnc3scc(-c4ccc(F)cc4)c23)c1. The monoisotopic (exact) mass is 365 g/mol. The predicted molar refractivity (Wildman–Crippen MR) is 103 cm³/mol. The van der Waals surface area contributed by atoms with Crippen molar-refractivity contribution in [3.8, 4) is 16.9 Å². The fourth-order valence-electron chi connectivity index (χ4n) is 2.82. The Kier molecular flexibility index (Phi) is 4.50. The molecule has 2 aromatic carbocycles. The molecule has 2 heterocycles. The molecule has 0 amide bonds. The maximum absolute atomic E-state index is 13.2. The molecule has 0 bridgehead atoms. The van der Waals surface area contributed by atoms with Crippen molar-refractivity contribution in [3.63, 3.8) is 0 Å². The average Bonchev–Trinajstić information content (AvgIpc) is 3.12. The lowest BCUT2D eigenvalue weighted by Crippen LogP contribution is -2.02. The number of fused-ring (bicyclic) bond motifs is 1. The summed E-state index contributed by atoms with van der Waals surface area (Å²) in [5.74, 6) is 1.33. The lowest BCUT2D eigenvalue weighted by Gasteiger charge is -2.09. The van der Waals surface area contributed by atoms with Crippen LogP contribution in [0.2, 0.25) is 0 Å². The summed E-state index contributed by atoms with van der Waals surface area (Å²) in [4.78, 5) is 9.68. The van der Waals surface area contributed by atoms with Gasteiger partial charge >= 0.3 is 0 Å². The summed E-state index contributed by atoms with van der Waals surface area (Å²) in [5, 5.41) is 6.37. The zero-order valence-corrected chi connectivity index (χ0v) is 14.9. The fraction of sp³-hybridized carbons (Fsp3) is 0.100. The highest BCUT2D eigenvalue weighted by Gasteiger charge is 2.13. The molecule has 6 heteroatoms. The van der Waals surface area contributed by atoms with Crippen LogP contribution in [0, 0.1) is 5.82 Å². The number of benzene rings is 2. The molecule has 0 atom stereocenters. The molecular weight excluding hydrogens is 349 g/mol. The van der Waals surface area contributed by atoms with E-state index in [1.54, 1.807) is 36.9 Å². The third-order valence-electron chi connectivity index (χ3n) is 4.12. The van der Waals surface area contributed by atoms with Crippen molar-refractivity contribution < 1.29 is 9.13 Å². The molecule has 0 aliphatic heterocycles. The third kappa shape index (κ3) is 3.23. The molecule has 4 rings (SSSR count). The largest absolute Gasteiger partial charge is 0.497 e. The van der Waals surface area contributed by atoms with Crippen molar-refractivity contribution in [1.29, 1.82) is 0 Å². The zero-order valence-electron chi connectivity index (χ0n) is 14.1. The summed E-state index contributed by atoms with van der Waals surface area (Å²) < 4.78 is 18.5. The van der Waals surface area contributed by atoms with Gasteiger partial charge in [-0.15, -0.1) is 11.3 Å². The van der Waals surface area contributed by atoms with E-state index in [4.69, 9.17) is 4.74 Å². The van der Waals surface area contributed by atoms with Crippen LogP contribution in [0.15, 0.2) is 60.2 Å². The van der Waals surface area contributed by atoms with Gasteiger partial charge in [-0.25, -0.2) is 14.4 Å². The highest BCUT2D eigenvalue weighted by atomic mass is 32.1. The number of aromatic nitrogens is 2. The average molecular weight is 365 g/mol. The van der Waals surface area contributed by atoms with E-state index in [2.05, 4.69) is 15.3 Å². The molecule has 0 saturated heterocycles. The lowest BCUT2D eigenvalue weighted by atomic mass is 10.1. The van der Waals surface area contributed by atoms with E-state index in [1.807, 2.05) is 29.6 Å². The highest BCUT2D eigenvalue weighted by Crippen LogP contribution is 2.36. The maximum atomic E-state index is 13.2. The van der Waals surface area contributed by atoms with Crippen LogP contribution in [0.3, 0.4) is 0 Å².